The van der Waals surface area contributed by atoms with Crippen molar-refractivity contribution >= 4 is 11.6 Å². The average molecular weight is 246 g/mol. The summed E-state index contributed by atoms with van der Waals surface area (Å²) in [6, 6.07) is 4.83. The van der Waals surface area contributed by atoms with Gasteiger partial charge in [-0.25, -0.2) is 4.98 Å². The number of anilines is 1. The lowest BCUT2D eigenvalue weighted by Crippen LogP contribution is -2.24. The van der Waals surface area contributed by atoms with E-state index in [1.54, 1.807) is 55.5 Å². The maximum Gasteiger partial charge on any atom is 0.248 e. The van der Waals surface area contributed by atoms with Crippen LogP contribution in [0, 0.1) is 0 Å². The van der Waals surface area contributed by atoms with E-state index < -0.39 is 0 Å². The minimum atomic E-state index is -0.373. The Morgan fingerprint density at radius 1 is 1.50 bits per heavy atom. The highest BCUT2D eigenvalue weighted by atomic mass is 16.5. The minimum Gasteiger partial charge on any atom is -0.481 e. The van der Waals surface area contributed by atoms with Gasteiger partial charge in [-0.1, -0.05) is 0 Å². The standard InChI is InChI=1S/C12H14N4O2/c1-9(16-7-3-6-14-16)12(17)15-10-4-5-11(18-2)13-8-10/h3-9H,1-2H3,(H,15,17)/t9-/m0/s1. The molecule has 0 spiro atoms. The zero-order chi connectivity index (χ0) is 13.0. The van der Waals surface area contributed by atoms with E-state index in [9.17, 15) is 4.79 Å². The molecular formula is C12H14N4O2. The normalized spacial score (nSPS) is 11.9. The highest BCUT2D eigenvalue weighted by Crippen LogP contribution is 2.13. The van der Waals surface area contributed by atoms with Crippen LogP contribution in [0.5, 0.6) is 5.88 Å². The predicted molar refractivity (Wildman–Crippen MR) is 66.4 cm³/mol. The summed E-state index contributed by atoms with van der Waals surface area (Å²) in [7, 11) is 1.54. The first-order valence-corrected chi connectivity index (χ1v) is 5.50. The predicted octanol–water partition coefficient (Wildman–Crippen LogP) is 1.49. The monoisotopic (exact) mass is 246 g/mol. The highest BCUT2D eigenvalue weighted by Gasteiger charge is 2.14. The van der Waals surface area contributed by atoms with Gasteiger partial charge in [0, 0.05) is 18.5 Å². The van der Waals surface area contributed by atoms with Crippen LogP contribution >= 0.6 is 0 Å². The molecule has 1 N–H and O–H groups in total. The van der Waals surface area contributed by atoms with Gasteiger partial charge >= 0.3 is 0 Å². The first kappa shape index (κ1) is 12.1. The topological polar surface area (TPSA) is 69.0 Å². The molecule has 2 rings (SSSR count). The van der Waals surface area contributed by atoms with Gasteiger partial charge in [-0.15, -0.1) is 0 Å². The molecule has 0 bridgehead atoms. The maximum atomic E-state index is 11.9. The Hall–Kier alpha value is -2.37. The molecule has 0 fully saturated rings. The van der Waals surface area contributed by atoms with Crippen molar-refractivity contribution in [1.82, 2.24) is 14.8 Å². The molecule has 0 aliphatic carbocycles. The Morgan fingerprint density at radius 3 is 2.89 bits per heavy atom. The van der Waals surface area contributed by atoms with E-state index >= 15 is 0 Å². The SMILES string of the molecule is COc1ccc(NC(=O)[C@H](C)n2cccn2)cn1. The summed E-state index contributed by atoms with van der Waals surface area (Å²) in [6.45, 7) is 1.78. The smallest absolute Gasteiger partial charge is 0.248 e. The van der Waals surface area contributed by atoms with Crippen molar-refractivity contribution in [3.63, 3.8) is 0 Å². The Kier molecular flexibility index (Phi) is 3.57. The minimum absolute atomic E-state index is 0.148. The molecule has 0 aromatic carbocycles. The zero-order valence-corrected chi connectivity index (χ0v) is 10.2. The third-order valence-corrected chi connectivity index (χ3v) is 2.51. The summed E-state index contributed by atoms with van der Waals surface area (Å²) in [6.07, 6.45) is 4.93. The molecule has 0 unspecified atom stereocenters. The second kappa shape index (κ2) is 5.31. The third kappa shape index (κ3) is 2.65. The molecule has 2 heterocycles. The quantitative estimate of drug-likeness (QED) is 0.887. The van der Waals surface area contributed by atoms with Gasteiger partial charge < -0.3 is 10.1 Å². The molecule has 0 saturated carbocycles. The lowest BCUT2D eigenvalue weighted by molar-refractivity contribution is -0.119. The number of carbonyl (C=O) groups excluding carboxylic acids is 1. The molecule has 94 valence electrons. The van der Waals surface area contributed by atoms with Crippen LogP contribution in [0.25, 0.3) is 0 Å². The van der Waals surface area contributed by atoms with Crippen LogP contribution in [0.15, 0.2) is 36.8 Å². The van der Waals surface area contributed by atoms with Crippen LogP contribution < -0.4 is 10.1 Å². The second-order valence-electron chi connectivity index (χ2n) is 3.74. The number of amides is 1. The number of hydrogen-bond donors (Lipinski definition) is 1. The Morgan fingerprint density at radius 2 is 2.33 bits per heavy atom. The molecule has 1 atom stereocenters. The summed E-state index contributed by atoms with van der Waals surface area (Å²) < 4.78 is 6.53. The highest BCUT2D eigenvalue weighted by molar-refractivity contribution is 5.93. The van der Waals surface area contributed by atoms with Crippen molar-refractivity contribution in [2.24, 2.45) is 0 Å². The summed E-state index contributed by atoms with van der Waals surface area (Å²) >= 11 is 0. The molecule has 0 aliphatic heterocycles. The Bertz CT molecular complexity index is 507. The fraction of sp³-hybridized carbons (Fsp3) is 0.250. The molecule has 6 nitrogen and oxygen atoms in total. The van der Waals surface area contributed by atoms with Crippen molar-refractivity contribution in [3.8, 4) is 5.88 Å². The molecular weight excluding hydrogens is 232 g/mol. The van der Waals surface area contributed by atoms with Crippen LogP contribution in [0.4, 0.5) is 5.69 Å². The molecule has 6 heteroatoms. The molecule has 0 aliphatic rings. The number of nitrogens with zero attached hydrogens (tertiary/aromatic N) is 3. The molecule has 1 amide bonds. The summed E-state index contributed by atoms with van der Waals surface area (Å²) in [5.41, 5.74) is 0.625. The van der Waals surface area contributed by atoms with E-state index in [2.05, 4.69) is 15.4 Å². The summed E-state index contributed by atoms with van der Waals surface area (Å²) in [5.74, 6) is 0.360. The Balaban J connectivity index is 2.02. The fourth-order valence-electron chi connectivity index (χ4n) is 1.45. The largest absolute Gasteiger partial charge is 0.481 e. The van der Waals surface area contributed by atoms with Crippen LogP contribution in [-0.2, 0) is 4.79 Å². The first-order chi connectivity index (χ1) is 8.70. The molecule has 18 heavy (non-hydrogen) atoms. The van der Waals surface area contributed by atoms with E-state index in [1.165, 1.54) is 0 Å². The van der Waals surface area contributed by atoms with Crippen molar-refractivity contribution < 1.29 is 9.53 Å². The number of rotatable bonds is 4. The number of ether oxygens (including phenoxy) is 1. The van der Waals surface area contributed by atoms with E-state index in [0.717, 1.165) is 0 Å². The van der Waals surface area contributed by atoms with E-state index in [0.29, 0.717) is 11.6 Å². The molecule has 2 aromatic rings. The van der Waals surface area contributed by atoms with Crippen molar-refractivity contribution in [2.75, 3.05) is 12.4 Å². The number of methoxy groups -OCH3 is 1. The number of nitrogens with one attached hydrogen (secondary N) is 1. The average Bonchev–Trinajstić information content (AvgIpc) is 2.92. The number of aromatic nitrogens is 3. The van der Waals surface area contributed by atoms with Gasteiger partial charge in [0.05, 0.1) is 19.0 Å². The van der Waals surface area contributed by atoms with Crippen molar-refractivity contribution in [2.45, 2.75) is 13.0 Å². The first-order valence-electron chi connectivity index (χ1n) is 5.50. The van der Waals surface area contributed by atoms with E-state index in [1.807, 2.05) is 0 Å². The zero-order valence-electron chi connectivity index (χ0n) is 10.2. The van der Waals surface area contributed by atoms with Crippen molar-refractivity contribution in [3.05, 3.63) is 36.8 Å². The maximum absolute atomic E-state index is 11.9. The van der Waals surface area contributed by atoms with Crippen LogP contribution in [0.1, 0.15) is 13.0 Å². The van der Waals surface area contributed by atoms with Gasteiger partial charge in [0.1, 0.15) is 6.04 Å². The van der Waals surface area contributed by atoms with Crippen LogP contribution in [0.3, 0.4) is 0 Å². The molecule has 0 saturated heterocycles. The summed E-state index contributed by atoms with van der Waals surface area (Å²) in [5, 5.41) is 6.79. The van der Waals surface area contributed by atoms with Gasteiger partial charge in [0.2, 0.25) is 11.8 Å². The van der Waals surface area contributed by atoms with Gasteiger partial charge in [-0.05, 0) is 19.1 Å². The molecule has 0 radical (unpaired) electrons. The lowest BCUT2D eigenvalue weighted by Gasteiger charge is -2.12. The third-order valence-electron chi connectivity index (χ3n) is 2.51. The number of hydrogen-bond acceptors (Lipinski definition) is 4. The number of carbonyl (C=O) groups is 1. The summed E-state index contributed by atoms with van der Waals surface area (Å²) in [4.78, 5) is 15.9. The van der Waals surface area contributed by atoms with Gasteiger partial charge in [-0.2, -0.15) is 5.10 Å². The van der Waals surface area contributed by atoms with Gasteiger partial charge in [0.15, 0.2) is 0 Å². The fourth-order valence-corrected chi connectivity index (χ4v) is 1.45. The van der Waals surface area contributed by atoms with Crippen molar-refractivity contribution in [1.29, 1.82) is 0 Å². The lowest BCUT2D eigenvalue weighted by atomic mass is 10.3. The molecule has 2 aromatic heterocycles. The number of pyridine rings is 1. The van der Waals surface area contributed by atoms with Crippen LogP contribution in [0.2, 0.25) is 0 Å². The van der Waals surface area contributed by atoms with E-state index in [4.69, 9.17) is 4.74 Å². The second-order valence-corrected chi connectivity index (χ2v) is 3.74. The van der Waals surface area contributed by atoms with Gasteiger partial charge in [0.25, 0.3) is 0 Å². The van der Waals surface area contributed by atoms with E-state index in [-0.39, 0.29) is 11.9 Å². The Labute approximate surface area is 105 Å². The van der Waals surface area contributed by atoms with Crippen LogP contribution in [-0.4, -0.2) is 27.8 Å². The van der Waals surface area contributed by atoms with Gasteiger partial charge in [-0.3, -0.25) is 9.48 Å².